The smallest absolute Gasteiger partial charge is 0.135 e. The van der Waals surface area contributed by atoms with Crippen LogP contribution >= 0.6 is 0 Å². The number of para-hydroxylation sites is 2. The van der Waals surface area contributed by atoms with Gasteiger partial charge in [-0.1, -0.05) is 91.0 Å². The van der Waals surface area contributed by atoms with Gasteiger partial charge in [0.15, 0.2) is 0 Å². The molecule has 0 amide bonds. The Morgan fingerprint density at radius 3 is 0.724 bits per heavy atom. The van der Waals surface area contributed by atoms with Crippen molar-refractivity contribution in [1.29, 1.82) is 0 Å². The van der Waals surface area contributed by atoms with Gasteiger partial charge in [0, 0.05) is 43.1 Å². The third-order valence-corrected chi connectivity index (χ3v) is 11.9. The number of fused-ring (bicyclic) bond motifs is 12. The SMILES string of the molecule is c1cc(-c2ccc3oc4ccc(-c5ccc6oc7ccccc7c6c5)cc4c3c2)cc(-c2ccc3oc4ccc(-c5ccc6oc7ccccc7c6c5)cc4c3c2)c1. The first-order valence-corrected chi connectivity index (χ1v) is 19.5. The third kappa shape index (κ3) is 4.76. The van der Waals surface area contributed by atoms with E-state index in [1.807, 2.05) is 24.3 Å². The summed E-state index contributed by atoms with van der Waals surface area (Å²) in [6.45, 7) is 0. The van der Waals surface area contributed by atoms with Crippen LogP contribution in [0.25, 0.3) is 132 Å². The summed E-state index contributed by atoms with van der Waals surface area (Å²) >= 11 is 0. The lowest BCUT2D eigenvalue weighted by molar-refractivity contribution is 0.668. The van der Waals surface area contributed by atoms with Crippen LogP contribution in [0.5, 0.6) is 0 Å². The number of benzene rings is 9. The van der Waals surface area contributed by atoms with Crippen molar-refractivity contribution in [3.63, 3.8) is 0 Å². The summed E-state index contributed by atoms with van der Waals surface area (Å²) in [5.74, 6) is 0. The molecule has 0 saturated heterocycles. The van der Waals surface area contributed by atoms with Crippen LogP contribution in [0, 0.1) is 0 Å². The molecule has 270 valence electrons. The normalized spacial score (nSPS) is 12.1. The van der Waals surface area contributed by atoms with Gasteiger partial charge in [-0.15, -0.1) is 0 Å². The molecule has 0 aliphatic carbocycles. The zero-order valence-corrected chi connectivity index (χ0v) is 31.0. The fourth-order valence-electron chi connectivity index (χ4n) is 8.96. The summed E-state index contributed by atoms with van der Waals surface area (Å²) in [6, 6.07) is 64.0. The summed E-state index contributed by atoms with van der Waals surface area (Å²) in [4.78, 5) is 0. The maximum Gasteiger partial charge on any atom is 0.135 e. The van der Waals surface area contributed by atoms with Gasteiger partial charge in [0.1, 0.15) is 44.7 Å². The van der Waals surface area contributed by atoms with E-state index in [-0.39, 0.29) is 0 Å². The van der Waals surface area contributed by atoms with E-state index in [2.05, 4.69) is 158 Å². The van der Waals surface area contributed by atoms with Crippen molar-refractivity contribution in [2.75, 3.05) is 0 Å². The Labute approximate surface area is 330 Å². The average molecular weight is 743 g/mol. The predicted molar refractivity (Wildman–Crippen MR) is 237 cm³/mol. The number of hydrogen-bond donors (Lipinski definition) is 0. The van der Waals surface area contributed by atoms with Crippen LogP contribution in [0.2, 0.25) is 0 Å². The zero-order valence-electron chi connectivity index (χ0n) is 31.0. The Balaban J connectivity index is 0.867. The van der Waals surface area contributed by atoms with Gasteiger partial charge in [0.25, 0.3) is 0 Å². The highest BCUT2D eigenvalue weighted by atomic mass is 16.3. The van der Waals surface area contributed by atoms with Crippen molar-refractivity contribution in [3.8, 4) is 44.5 Å². The molecule has 0 atom stereocenters. The molecule has 0 radical (unpaired) electrons. The van der Waals surface area contributed by atoms with Gasteiger partial charge < -0.3 is 17.7 Å². The Morgan fingerprint density at radius 2 is 0.414 bits per heavy atom. The van der Waals surface area contributed by atoms with Crippen LogP contribution in [0.15, 0.2) is 200 Å². The second kappa shape index (κ2) is 11.8. The molecule has 13 aromatic rings. The first-order chi connectivity index (χ1) is 28.7. The molecule has 4 heterocycles. The highest BCUT2D eigenvalue weighted by Gasteiger charge is 2.15. The van der Waals surface area contributed by atoms with E-state index >= 15 is 0 Å². The van der Waals surface area contributed by atoms with E-state index in [1.54, 1.807) is 0 Å². The molecular formula is C54H30O4. The van der Waals surface area contributed by atoms with Gasteiger partial charge in [-0.25, -0.2) is 0 Å². The van der Waals surface area contributed by atoms with Gasteiger partial charge >= 0.3 is 0 Å². The molecule has 9 aromatic carbocycles. The van der Waals surface area contributed by atoms with Crippen LogP contribution < -0.4 is 0 Å². The van der Waals surface area contributed by atoms with Crippen LogP contribution in [0.3, 0.4) is 0 Å². The molecule has 0 N–H and O–H groups in total. The summed E-state index contributed by atoms with van der Waals surface area (Å²) in [5, 5.41) is 8.87. The molecule has 4 heteroatoms. The van der Waals surface area contributed by atoms with E-state index in [0.717, 1.165) is 132 Å². The molecule has 58 heavy (non-hydrogen) atoms. The quantitative estimate of drug-likeness (QED) is 0.180. The maximum absolute atomic E-state index is 6.35. The van der Waals surface area contributed by atoms with Crippen molar-refractivity contribution in [2.24, 2.45) is 0 Å². The van der Waals surface area contributed by atoms with Crippen LogP contribution in [-0.4, -0.2) is 0 Å². The first kappa shape index (κ1) is 31.4. The van der Waals surface area contributed by atoms with Crippen LogP contribution in [-0.2, 0) is 0 Å². The van der Waals surface area contributed by atoms with Crippen LogP contribution in [0.1, 0.15) is 0 Å². The molecule has 0 spiro atoms. The van der Waals surface area contributed by atoms with Gasteiger partial charge in [-0.2, -0.15) is 0 Å². The van der Waals surface area contributed by atoms with E-state index in [4.69, 9.17) is 17.7 Å². The number of furan rings is 4. The van der Waals surface area contributed by atoms with E-state index in [9.17, 15) is 0 Å². The lowest BCUT2D eigenvalue weighted by Crippen LogP contribution is -1.82. The van der Waals surface area contributed by atoms with Crippen molar-refractivity contribution >= 4 is 87.8 Å². The Morgan fingerprint density at radius 1 is 0.172 bits per heavy atom. The van der Waals surface area contributed by atoms with Gasteiger partial charge in [-0.05, 0) is 136 Å². The van der Waals surface area contributed by atoms with Gasteiger partial charge in [0.05, 0.1) is 0 Å². The molecule has 13 rings (SSSR count). The third-order valence-electron chi connectivity index (χ3n) is 11.9. The molecule has 0 fully saturated rings. The summed E-state index contributed by atoms with van der Waals surface area (Å²) in [5.41, 5.74) is 16.2. The second-order valence-electron chi connectivity index (χ2n) is 15.2. The van der Waals surface area contributed by atoms with Gasteiger partial charge in [-0.3, -0.25) is 0 Å². The summed E-state index contributed by atoms with van der Waals surface area (Å²) < 4.78 is 24.9. The zero-order chi connectivity index (χ0) is 37.9. The minimum absolute atomic E-state index is 0.873. The summed E-state index contributed by atoms with van der Waals surface area (Å²) in [7, 11) is 0. The van der Waals surface area contributed by atoms with E-state index in [1.165, 1.54) is 0 Å². The molecule has 0 saturated carbocycles. The standard InChI is InChI=1S/C54H30O4/c1-3-10-47-39(8-1)41-25-35(14-18-49(41)55-47)37-16-22-53-45(29-37)43-27-33(12-20-51(43)57-53)31-6-5-7-32(24-31)34-13-21-52-44(28-34)46-30-38(17-23-54(46)58-52)36-15-19-50-42(26-36)40-9-2-4-11-48(40)56-50/h1-30H. The fraction of sp³-hybridized carbons (Fsp3) is 0. The van der Waals surface area contributed by atoms with E-state index in [0.29, 0.717) is 0 Å². The maximum atomic E-state index is 6.35. The highest BCUT2D eigenvalue weighted by Crippen LogP contribution is 2.40. The Hall–Kier alpha value is -7.82. The fourth-order valence-corrected chi connectivity index (χ4v) is 8.96. The summed E-state index contributed by atoms with van der Waals surface area (Å²) in [6.07, 6.45) is 0. The lowest BCUT2D eigenvalue weighted by atomic mass is 9.96. The van der Waals surface area contributed by atoms with Crippen molar-refractivity contribution in [3.05, 3.63) is 182 Å². The molecule has 0 aliphatic heterocycles. The van der Waals surface area contributed by atoms with Crippen LogP contribution in [0.4, 0.5) is 0 Å². The highest BCUT2D eigenvalue weighted by molar-refractivity contribution is 6.11. The molecule has 4 aromatic heterocycles. The molecule has 0 aliphatic rings. The van der Waals surface area contributed by atoms with Crippen molar-refractivity contribution in [1.82, 2.24) is 0 Å². The average Bonchev–Trinajstić information content (AvgIpc) is 4.05. The van der Waals surface area contributed by atoms with Crippen molar-refractivity contribution in [2.45, 2.75) is 0 Å². The monoisotopic (exact) mass is 742 g/mol. The Bertz CT molecular complexity index is 3560. The number of hydrogen-bond acceptors (Lipinski definition) is 4. The number of rotatable bonds is 4. The van der Waals surface area contributed by atoms with E-state index < -0.39 is 0 Å². The first-order valence-electron chi connectivity index (χ1n) is 19.5. The van der Waals surface area contributed by atoms with Gasteiger partial charge in [0.2, 0.25) is 0 Å². The molecule has 0 bridgehead atoms. The molecular weight excluding hydrogens is 713 g/mol. The minimum atomic E-state index is 0.873. The molecule has 4 nitrogen and oxygen atoms in total. The van der Waals surface area contributed by atoms with Crippen molar-refractivity contribution < 1.29 is 17.7 Å². The second-order valence-corrected chi connectivity index (χ2v) is 15.2. The molecule has 0 unspecified atom stereocenters. The lowest BCUT2D eigenvalue weighted by Gasteiger charge is -2.07. The Kier molecular flexibility index (Phi) is 6.41. The topological polar surface area (TPSA) is 52.6 Å². The predicted octanol–water partition coefficient (Wildman–Crippen LogP) is 16.0. The largest absolute Gasteiger partial charge is 0.456 e. The minimum Gasteiger partial charge on any atom is -0.456 e.